The van der Waals surface area contributed by atoms with Gasteiger partial charge >= 0.3 is 0 Å². The number of thioether (sulfide) groups is 1. The number of anilines is 2. The van der Waals surface area contributed by atoms with E-state index in [0.29, 0.717) is 46.8 Å². The molecule has 0 aliphatic carbocycles. The molecule has 0 fully saturated rings. The lowest BCUT2D eigenvalue weighted by Crippen LogP contribution is -2.42. The molecule has 1 aliphatic rings. The van der Waals surface area contributed by atoms with Gasteiger partial charge in [-0.3, -0.25) is 9.59 Å². The topological polar surface area (TPSA) is 71.5 Å². The highest BCUT2D eigenvalue weighted by molar-refractivity contribution is 7.98. The van der Waals surface area contributed by atoms with E-state index in [1.165, 1.54) is 11.8 Å². The largest absolute Gasteiger partial charge is 0.490 e. The maximum absolute atomic E-state index is 13.2. The van der Waals surface area contributed by atoms with Gasteiger partial charge in [0.05, 0.1) is 16.7 Å². The molecular formula is C23H29N3O3S. The van der Waals surface area contributed by atoms with Gasteiger partial charge < -0.3 is 15.0 Å². The van der Waals surface area contributed by atoms with Gasteiger partial charge in [0.25, 0.3) is 5.91 Å². The summed E-state index contributed by atoms with van der Waals surface area (Å²) in [6, 6.07) is 8.94. The molecule has 1 aromatic heterocycles. The Kier molecular flexibility index (Phi) is 6.71. The van der Waals surface area contributed by atoms with Crippen LogP contribution in [0, 0.1) is 11.3 Å². The monoisotopic (exact) mass is 427 g/mol. The molecule has 0 bridgehead atoms. The molecule has 6 nitrogen and oxygen atoms in total. The third-order valence-electron chi connectivity index (χ3n) is 5.06. The summed E-state index contributed by atoms with van der Waals surface area (Å²) in [7, 11) is 0. The fourth-order valence-corrected chi connectivity index (χ4v) is 3.80. The number of aromatic nitrogens is 1. The molecular weight excluding hydrogens is 398 g/mol. The number of nitrogens with zero attached hydrogens (tertiary/aromatic N) is 2. The van der Waals surface area contributed by atoms with Gasteiger partial charge in [-0.1, -0.05) is 13.8 Å². The van der Waals surface area contributed by atoms with Crippen molar-refractivity contribution < 1.29 is 14.3 Å². The SMILES string of the molecule is CSc1ncccc1C(=O)Nc1ccc2c(c1)N(CCC(C)C)C(=O)C(C)(C)CO2. The molecule has 0 saturated heterocycles. The maximum atomic E-state index is 13.2. The Balaban J connectivity index is 1.93. The number of carbonyl (C=O) groups is 2. The fraction of sp³-hybridized carbons (Fsp3) is 0.435. The molecule has 0 saturated carbocycles. The number of carbonyl (C=O) groups excluding carboxylic acids is 2. The van der Waals surface area contributed by atoms with Crippen molar-refractivity contribution in [2.24, 2.45) is 11.3 Å². The second-order valence-electron chi connectivity index (χ2n) is 8.51. The zero-order valence-electron chi connectivity index (χ0n) is 18.2. The van der Waals surface area contributed by atoms with E-state index in [2.05, 4.69) is 24.1 Å². The van der Waals surface area contributed by atoms with Crippen molar-refractivity contribution in [1.82, 2.24) is 4.98 Å². The summed E-state index contributed by atoms with van der Waals surface area (Å²) in [4.78, 5) is 32.1. The summed E-state index contributed by atoms with van der Waals surface area (Å²) in [6.45, 7) is 9.00. The van der Waals surface area contributed by atoms with Crippen LogP contribution in [0.5, 0.6) is 5.75 Å². The Bertz CT molecular complexity index is 943. The van der Waals surface area contributed by atoms with E-state index in [4.69, 9.17) is 4.74 Å². The van der Waals surface area contributed by atoms with Crippen molar-refractivity contribution in [2.75, 3.05) is 29.6 Å². The average molecular weight is 428 g/mol. The van der Waals surface area contributed by atoms with Crippen LogP contribution < -0.4 is 15.0 Å². The highest BCUT2D eigenvalue weighted by Gasteiger charge is 2.37. The molecule has 7 heteroatoms. The summed E-state index contributed by atoms with van der Waals surface area (Å²) in [5.41, 5.74) is 1.20. The second-order valence-corrected chi connectivity index (χ2v) is 9.30. The first-order valence-electron chi connectivity index (χ1n) is 10.1. The minimum Gasteiger partial charge on any atom is -0.490 e. The van der Waals surface area contributed by atoms with Crippen LogP contribution in [-0.4, -0.2) is 36.2 Å². The first-order valence-corrected chi connectivity index (χ1v) is 11.3. The van der Waals surface area contributed by atoms with E-state index >= 15 is 0 Å². The van der Waals surface area contributed by atoms with E-state index in [1.807, 2.05) is 32.2 Å². The summed E-state index contributed by atoms with van der Waals surface area (Å²) < 4.78 is 5.96. The predicted molar refractivity (Wildman–Crippen MR) is 121 cm³/mol. The van der Waals surface area contributed by atoms with E-state index in [0.717, 1.165) is 6.42 Å². The van der Waals surface area contributed by atoms with Gasteiger partial charge in [-0.2, -0.15) is 0 Å². The van der Waals surface area contributed by atoms with E-state index in [-0.39, 0.29) is 11.8 Å². The van der Waals surface area contributed by atoms with Crippen molar-refractivity contribution in [2.45, 2.75) is 39.1 Å². The summed E-state index contributed by atoms with van der Waals surface area (Å²) >= 11 is 1.42. The van der Waals surface area contributed by atoms with Crippen molar-refractivity contribution in [3.05, 3.63) is 42.1 Å². The Morgan fingerprint density at radius 1 is 1.33 bits per heavy atom. The van der Waals surface area contributed by atoms with Crippen LogP contribution in [0.4, 0.5) is 11.4 Å². The number of benzene rings is 1. The molecule has 1 aliphatic heterocycles. The molecule has 0 atom stereocenters. The molecule has 1 aromatic carbocycles. The number of pyridine rings is 1. The molecule has 2 aromatic rings. The van der Waals surface area contributed by atoms with Crippen molar-refractivity contribution >= 4 is 35.0 Å². The highest BCUT2D eigenvalue weighted by atomic mass is 32.2. The zero-order chi connectivity index (χ0) is 21.9. The molecule has 2 heterocycles. The molecule has 3 rings (SSSR count). The molecule has 0 radical (unpaired) electrons. The van der Waals surface area contributed by atoms with Crippen molar-refractivity contribution in [3.63, 3.8) is 0 Å². The normalized spacial score (nSPS) is 15.4. The van der Waals surface area contributed by atoms with E-state index in [1.54, 1.807) is 29.3 Å². The molecule has 30 heavy (non-hydrogen) atoms. The van der Waals surface area contributed by atoms with Gasteiger partial charge in [0, 0.05) is 18.4 Å². The predicted octanol–water partition coefficient (Wildman–Crippen LogP) is 4.85. The Hall–Kier alpha value is -2.54. The highest BCUT2D eigenvalue weighted by Crippen LogP contribution is 2.38. The van der Waals surface area contributed by atoms with Gasteiger partial charge in [-0.15, -0.1) is 11.8 Å². The minimum absolute atomic E-state index is 0.0299. The molecule has 160 valence electrons. The van der Waals surface area contributed by atoms with Gasteiger partial charge in [-0.25, -0.2) is 4.98 Å². The Morgan fingerprint density at radius 3 is 2.80 bits per heavy atom. The average Bonchev–Trinajstić information content (AvgIpc) is 2.81. The number of rotatable bonds is 6. The fourth-order valence-electron chi connectivity index (χ4n) is 3.26. The lowest BCUT2D eigenvalue weighted by molar-refractivity contribution is -0.127. The Labute approximate surface area is 182 Å². The summed E-state index contributed by atoms with van der Waals surface area (Å²) in [5.74, 6) is 0.915. The molecule has 0 spiro atoms. The second kappa shape index (κ2) is 9.08. The van der Waals surface area contributed by atoms with Gasteiger partial charge in [0.1, 0.15) is 17.4 Å². The number of fused-ring (bicyclic) bond motifs is 1. The molecule has 1 N–H and O–H groups in total. The first-order chi connectivity index (χ1) is 14.2. The standard InChI is InChI=1S/C23H29N3O3S/c1-15(2)10-12-26-18-13-16(8-9-19(18)29-14-23(3,4)22(26)28)25-20(27)17-7-6-11-24-21(17)30-5/h6-9,11,13,15H,10,12,14H2,1-5H3,(H,25,27). The molecule has 2 amide bonds. The quantitative estimate of drug-likeness (QED) is 0.667. The van der Waals surface area contributed by atoms with Crippen LogP contribution in [0.2, 0.25) is 0 Å². The lowest BCUT2D eigenvalue weighted by Gasteiger charge is -2.28. The summed E-state index contributed by atoms with van der Waals surface area (Å²) in [5, 5.41) is 3.61. The summed E-state index contributed by atoms with van der Waals surface area (Å²) in [6.07, 6.45) is 4.44. The number of amides is 2. The van der Waals surface area contributed by atoms with Crippen LogP contribution >= 0.6 is 11.8 Å². The van der Waals surface area contributed by atoms with Crippen LogP contribution in [0.3, 0.4) is 0 Å². The first kappa shape index (κ1) is 22.2. The van der Waals surface area contributed by atoms with E-state index < -0.39 is 5.41 Å². The number of hydrogen-bond acceptors (Lipinski definition) is 5. The number of ether oxygens (including phenoxy) is 1. The molecule has 0 unspecified atom stereocenters. The number of hydrogen-bond donors (Lipinski definition) is 1. The third-order valence-corrected chi connectivity index (χ3v) is 5.77. The van der Waals surface area contributed by atoms with Crippen LogP contribution in [0.15, 0.2) is 41.6 Å². The van der Waals surface area contributed by atoms with Crippen LogP contribution in [0.25, 0.3) is 0 Å². The number of nitrogens with one attached hydrogen (secondary N) is 1. The van der Waals surface area contributed by atoms with E-state index in [9.17, 15) is 9.59 Å². The van der Waals surface area contributed by atoms with Gasteiger partial charge in [-0.05, 0) is 62.8 Å². The van der Waals surface area contributed by atoms with Crippen LogP contribution in [0.1, 0.15) is 44.5 Å². The van der Waals surface area contributed by atoms with Crippen molar-refractivity contribution in [3.8, 4) is 5.75 Å². The van der Waals surface area contributed by atoms with Crippen LogP contribution in [-0.2, 0) is 4.79 Å². The lowest BCUT2D eigenvalue weighted by atomic mass is 9.92. The maximum Gasteiger partial charge on any atom is 0.258 e. The zero-order valence-corrected chi connectivity index (χ0v) is 19.0. The van der Waals surface area contributed by atoms with Crippen molar-refractivity contribution in [1.29, 1.82) is 0 Å². The minimum atomic E-state index is -0.623. The van der Waals surface area contributed by atoms with Gasteiger partial charge in [0.2, 0.25) is 5.91 Å². The van der Waals surface area contributed by atoms with Gasteiger partial charge in [0.15, 0.2) is 0 Å². The smallest absolute Gasteiger partial charge is 0.258 e. The third kappa shape index (κ3) is 4.78. The Morgan fingerprint density at radius 2 is 2.10 bits per heavy atom.